The smallest absolute Gasteiger partial charge is 0.134 e. The van der Waals surface area contributed by atoms with Gasteiger partial charge < -0.3 is 14.9 Å². The van der Waals surface area contributed by atoms with E-state index in [9.17, 15) is 5.11 Å². The fourth-order valence-corrected chi connectivity index (χ4v) is 4.04. The van der Waals surface area contributed by atoms with Gasteiger partial charge >= 0.3 is 0 Å². The molecule has 1 aromatic heterocycles. The number of rotatable bonds is 3. The second-order valence-corrected chi connectivity index (χ2v) is 7.20. The Kier molecular flexibility index (Phi) is 4.57. The molecule has 5 nitrogen and oxygen atoms in total. The molecule has 1 unspecified atom stereocenters. The Morgan fingerprint density at radius 1 is 1.08 bits per heavy atom. The first-order valence-electron chi connectivity index (χ1n) is 9.27. The van der Waals surface area contributed by atoms with Gasteiger partial charge in [-0.25, -0.2) is 9.97 Å². The quantitative estimate of drug-likeness (QED) is 0.932. The van der Waals surface area contributed by atoms with Gasteiger partial charge in [0.15, 0.2) is 0 Å². The van der Waals surface area contributed by atoms with Gasteiger partial charge in [0, 0.05) is 25.7 Å². The zero-order chi connectivity index (χ0) is 17.2. The van der Waals surface area contributed by atoms with E-state index in [1.54, 1.807) is 6.33 Å². The number of fused-ring (bicyclic) bond motifs is 1. The summed E-state index contributed by atoms with van der Waals surface area (Å²) in [7, 11) is 0. The predicted octanol–water partition coefficient (Wildman–Crippen LogP) is 2.70. The number of nitrogens with zero attached hydrogens (tertiary/aromatic N) is 4. The minimum Gasteiger partial charge on any atom is -0.394 e. The molecule has 1 N–H and O–H groups in total. The lowest BCUT2D eigenvalue weighted by molar-refractivity contribution is 0.239. The summed E-state index contributed by atoms with van der Waals surface area (Å²) in [5.74, 6) is 1.93. The van der Waals surface area contributed by atoms with Gasteiger partial charge in [0.25, 0.3) is 0 Å². The van der Waals surface area contributed by atoms with E-state index in [2.05, 4.69) is 51.0 Å². The zero-order valence-corrected chi connectivity index (χ0v) is 14.9. The first-order valence-corrected chi connectivity index (χ1v) is 9.27. The van der Waals surface area contributed by atoms with Crippen LogP contribution in [-0.4, -0.2) is 40.8 Å². The van der Waals surface area contributed by atoms with Gasteiger partial charge in [-0.3, -0.25) is 0 Å². The van der Waals surface area contributed by atoms with Gasteiger partial charge in [-0.15, -0.1) is 0 Å². The predicted molar refractivity (Wildman–Crippen MR) is 100 cm³/mol. The van der Waals surface area contributed by atoms with E-state index >= 15 is 0 Å². The lowest BCUT2D eigenvalue weighted by atomic mass is 9.98. The van der Waals surface area contributed by atoms with E-state index in [0.29, 0.717) is 0 Å². The SMILES string of the molecule is Cc1ccc2c(c1)CCN(c1cc(N3CCCCC3CO)ncn1)C2. The summed E-state index contributed by atoms with van der Waals surface area (Å²) in [6.45, 7) is 5.19. The number of benzene rings is 1. The van der Waals surface area contributed by atoms with E-state index in [1.807, 2.05) is 0 Å². The van der Waals surface area contributed by atoms with Crippen molar-refractivity contribution in [3.05, 3.63) is 47.3 Å². The third kappa shape index (κ3) is 3.33. The summed E-state index contributed by atoms with van der Waals surface area (Å²) in [4.78, 5) is 13.6. The summed E-state index contributed by atoms with van der Waals surface area (Å²) < 4.78 is 0. The molecule has 3 heterocycles. The van der Waals surface area contributed by atoms with Crippen LogP contribution in [0.2, 0.25) is 0 Å². The number of aliphatic hydroxyl groups excluding tert-OH is 1. The average Bonchev–Trinajstić information content (AvgIpc) is 2.67. The third-order valence-corrected chi connectivity index (χ3v) is 5.47. The minimum absolute atomic E-state index is 0.182. The molecule has 2 aliphatic rings. The Morgan fingerprint density at radius 2 is 1.96 bits per heavy atom. The fourth-order valence-electron chi connectivity index (χ4n) is 4.04. The van der Waals surface area contributed by atoms with Crippen molar-refractivity contribution in [2.45, 2.75) is 45.2 Å². The summed E-state index contributed by atoms with van der Waals surface area (Å²) in [6.07, 6.45) is 6.10. The van der Waals surface area contributed by atoms with E-state index in [4.69, 9.17) is 0 Å². The monoisotopic (exact) mass is 338 g/mol. The summed E-state index contributed by atoms with van der Waals surface area (Å²) >= 11 is 0. The Labute approximate surface area is 149 Å². The van der Waals surface area contributed by atoms with E-state index in [-0.39, 0.29) is 12.6 Å². The molecular formula is C20H26N4O. The van der Waals surface area contributed by atoms with E-state index < -0.39 is 0 Å². The van der Waals surface area contributed by atoms with E-state index in [1.165, 1.54) is 23.1 Å². The number of hydrogen-bond donors (Lipinski definition) is 1. The molecule has 1 atom stereocenters. The van der Waals surface area contributed by atoms with Crippen LogP contribution in [-0.2, 0) is 13.0 Å². The average molecular weight is 338 g/mol. The summed E-state index contributed by atoms with van der Waals surface area (Å²) in [5, 5.41) is 9.68. The maximum Gasteiger partial charge on any atom is 0.134 e. The first-order chi connectivity index (χ1) is 12.2. The van der Waals surface area contributed by atoms with Crippen LogP contribution in [0.4, 0.5) is 11.6 Å². The van der Waals surface area contributed by atoms with Gasteiger partial charge in [-0.1, -0.05) is 23.8 Å². The van der Waals surface area contributed by atoms with Gasteiger partial charge in [0.2, 0.25) is 0 Å². The highest BCUT2D eigenvalue weighted by Gasteiger charge is 2.24. The molecule has 25 heavy (non-hydrogen) atoms. The Bertz CT molecular complexity index is 748. The van der Waals surface area contributed by atoms with Crippen molar-refractivity contribution in [1.29, 1.82) is 0 Å². The summed E-state index contributed by atoms with van der Waals surface area (Å²) in [5.41, 5.74) is 4.18. The molecule has 132 valence electrons. The van der Waals surface area contributed by atoms with Crippen LogP contribution in [0.5, 0.6) is 0 Å². The number of piperidine rings is 1. The molecule has 2 aromatic rings. The second kappa shape index (κ2) is 7.00. The third-order valence-electron chi connectivity index (χ3n) is 5.47. The highest BCUT2D eigenvalue weighted by Crippen LogP contribution is 2.28. The number of aliphatic hydroxyl groups is 1. The molecule has 5 heteroatoms. The van der Waals surface area contributed by atoms with Crippen molar-refractivity contribution in [2.75, 3.05) is 29.5 Å². The fraction of sp³-hybridized carbons (Fsp3) is 0.500. The molecule has 0 radical (unpaired) electrons. The van der Waals surface area contributed by atoms with Crippen LogP contribution in [0.1, 0.15) is 36.0 Å². The maximum absolute atomic E-state index is 9.68. The van der Waals surface area contributed by atoms with Gasteiger partial charge in [-0.05, 0) is 43.7 Å². The van der Waals surface area contributed by atoms with Crippen molar-refractivity contribution in [3.8, 4) is 0 Å². The molecule has 1 fully saturated rings. The molecule has 2 aliphatic heterocycles. The molecule has 0 aliphatic carbocycles. The standard InChI is InChI=1S/C20H26N4O/c1-15-5-6-17-12-23(9-7-16(17)10-15)19-11-20(22-14-21-19)24-8-3-2-4-18(24)13-25/h5-6,10-11,14,18,25H,2-4,7-9,12-13H2,1H3. The van der Waals surface area contributed by atoms with Crippen molar-refractivity contribution >= 4 is 11.6 Å². The molecule has 4 rings (SSSR count). The lowest BCUT2D eigenvalue weighted by Crippen LogP contribution is -2.42. The molecule has 1 saturated heterocycles. The van der Waals surface area contributed by atoms with Crippen molar-refractivity contribution in [3.63, 3.8) is 0 Å². The number of aromatic nitrogens is 2. The zero-order valence-electron chi connectivity index (χ0n) is 14.9. The van der Waals surface area contributed by atoms with Crippen LogP contribution in [0.25, 0.3) is 0 Å². The number of anilines is 2. The van der Waals surface area contributed by atoms with Crippen molar-refractivity contribution in [1.82, 2.24) is 9.97 Å². The largest absolute Gasteiger partial charge is 0.394 e. The maximum atomic E-state index is 9.68. The van der Waals surface area contributed by atoms with Gasteiger partial charge in [-0.2, -0.15) is 0 Å². The summed E-state index contributed by atoms with van der Waals surface area (Å²) in [6, 6.07) is 9.00. The lowest BCUT2D eigenvalue weighted by Gasteiger charge is -2.36. The first kappa shape index (κ1) is 16.3. The number of aryl methyl sites for hydroxylation is 1. The van der Waals surface area contributed by atoms with Gasteiger partial charge in [0.05, 0.1) is 12.6 Å². The minimum atomic E-state index is 0.182. The second-order valence-electron chi connectivity index (χ2n) is 7.20. The molecule has 0 bridgehead atoms. The van der Waals surface area contributed by atoms with Crippen molar-refractivity contribution in [2.24, 2.45) is 0 Å². The van der Waals surface area contributed by atoms with Crippen molar-refractivity contribution < 1.29 is 5.11 Å². The molecular weight excluding hydrogens is 312 g/mol. The van der Waals surface area contributed by atoms with Crippen LogP contribution in [0, 0.1) is 6.92 Å². The molecule has 1 aromatic carbocycles. The Hall–Kier alpha value is -2.14. The molecule has 0 saturated carbocycles. The van der Waals surface area contributed by atoms with E-state index in [0.717, 1.165) is 50.5 Å². The van der Waals surface area contributed by atoms with Gasteiger partial charge in [0.1, 0.15) is 18.0 Å². The molecule has 0 amide bonds. The number of hydrogen-bond acceptors (Lipinski definition) is 5. The highest BCUT2D eigenvalue weighted by atomic mass is 16.3. The Morgan fingerprint density at radius 3 is 2.84 bits per heavy atom. The normalized spacial score (nSPS) is 20.5. The Balaban J connectivity index is 1.56. The topological polar surface area (TPSA) is 52.5 Å². The van der Waals surface area contributed by atoms with Crippen LogP contribution in [0.15, 0.2) is 30.6 Å². The highest BCUT2D eigenvalue weighted by molar-refractivity contribution is 5.53. The van der Waals surface area contributed by atoms with Crippen LogP contribution >= 0.6 is 0 Å². The van der Waals surface area contributed by atoms with Crippen LogP contribution in [0.3, 0.4) is 0 Å². The molecule has 0 spiro atoms. The van der Waals surface area contributed by atoms with Crippen LogP contribution < -0.4 is 9.80 Å².